The average Bonchev–Trinajstić information content (AvgIpc) is 2.65. The highest BCUT2D eigenvalue weighted by atomic mass is 15.1. The molecule has 0 amide bonds. The maximum atomic E-state index is 4.53. The average molecular weight is 310 g/mol. The molecule has 0 fully saturated rings. The van der Waals surface area contributed by atoms with E-state index in [9.17, 15) is 0 Å². The molecule has 116 valence electrons. The molecule has 2 heteroatoms. The Bertz CT molecular complexity index is 955. The largest absolute Gasteiger partial charge is 0.158 e. The molecule has 1 atom stereocenters. The first-order valence-electron chi connectivity index (χ1n) is 8.15. The van der Waals surface area contributed by atoms with Crippen molar-refractivity contribution in [1.29, 1.82) is 0 Å². The Morgan fingerprint density at radius 3 is 2.17 bits per heavy atom. The van der Waals surface area contributed by atoms with Gasteiger partial charge in [0.25, 0.3) is 0 Å². The van der Waals surface area contributed by atoms with E-state index in [1.54, 1.807) is 0 Å². The van der Waals surface area contributed by atoms with Gasteiger partial charge in [0.2, 0.25) is 0 Å². The number of aryl methyl sites for hydroxylation is 1. The first kappa shape index (κ1) is 14.6. The van der Waals surface area contributed by atoms with Gasteiger partial charge >= 0.3 is 0 Å². The lowest BCUT2D eigenvalue weighted by atomic mass is 9.86. The van der Waals surface area contributed by atoms with E-state index in [0.29, 0.717) is 0 Å². The van der Waals surface area contributed by atoms with Crippen molar-refractivity contribution in [3.63, 3.8) is 0 Å². The fourth-order valence-corrected chi connectivity index (χ4v) is 3.18. The van der Waals surface area contributed by atoms with Crippen LogP contribution in [0, 0.1) is 6.92 Å². The molecule has 4 aromatic rings. The van der Waals surface area contributed by atoms with Crippen molar-refractivity contribution in [1.82, 2.24) is 10.2 Å². The SMILES string of the molecule is Cc1ccc(C(c2ccccc2)c2nncc3ccccc23)cc1. The predicted molar refractivity (Wildman–Crippen MR) is 98.1 cm³/mol. The molecule has 0 aliphatic carbocycles. The Kier molecular flexibility index (Phi) is 3.80. The molecular weight excluding hydrogens is 292 g/mol. The molecule has 1 heterocycles. The van der Waals surface area contributed by atoms with Crippen LogP contribution in [0.25, 0.3) is 10.8 Å². The molecule has 0 aliphatic rings. The van der Waals surface area contributed by atoms with Crippen LogP contribution in [-0.4, -0.2) is 10.2 Å². The first-order chi connectivity index (χ1) is 11.8. The number of benzene rings is 3. The standard InChI is InChI=1S/C22H18N2/c1-16-11-13-18(14-12-16)21(17-7-3-2-4-8-17)22-20-10-6-5-9-19(20)15-23-24-22/h2-15,21H,1H3. The molecule has 3 aromatic carbocycles. The monoisotopic (exact) mass is 310 g/mol. The normalized spacial score (nSPS) is 12.2. The van der Waals surface area contributed by atoms with Crippen molar-refractivity contribution >= 4 is 10.8 Å². The molecule has 0 radical (unpaired) electrons. The lowest BCUT2D eigenvalue weighted by molar-refractivity contribution is 0.873. The van der Waals surface area contributed by atoms with Gasteiger partial charge in [-0.2, -0.15) is 10.2 Å². The third kappa shape index (κ3) is 2.67. The van der Waals surface area contributed by atoms with Crippen LogP contribution in [-0.2, 0) is 0 Å². The van der Waals surface area contributed by atoms with Crippen molar-refractivity contribution in [2.24, 2.45) is 0 Å². The van der Waals surface area contributed by atoms with Crippen LogP contribution in [0.2, 0.25) is 0 Å². The van der Waals surface area contributed by atoms with Gasteiger partial charge in [-0.3, -0.25) is 0 Å². The van der Waals surface area contributed by atoms with Crippen LogP contribution >= 0.6 is 0 Å². The van der Waals surface area contributed by atoms with Crippen LogP contribution < -0.4 is 0 Å². The molecule has 4 rings (SSSR count). The lowest BCUT2D eigenvalue weighted by Crippen LogP contribution is -2.07. The zero-order valence-corrected chi connectivity index (χ0v) is 13.6. The molecule has 0 saturated heterocycles. The summed E-state index contributed by atoms with van der Waals surface area (Å²) >= 11 is 0. The van der Waals surface area contributed by atoms with Crippen molar-refractivity contribution in [2.45, 2.75) is 12.8 Å². The van der Waals surface area contributed by atoms with E-state index in [0.717, 1.165) is 16.5 Å². The summed E-state index contributed by atoms with van der Waals surface area (Å²) in [5.74, 6) is 0.0744. The van der Waals surface area contributed by atoms with E-state index in [1.807, 2.05) is 18.3 Å². The Balaban J connectivity index is 1.97. The smallest absolute Gasteiger partial charge is 0.0828 e. The highest BCUT2D eigenvalue weighted by Gasteiger charge is 2.20. The molecule has 0 spiro atoms. The molecule has 2 nitrogen and oxygen atoms in total. The Hall–Kier alpha value is -3.00. The summed E-state index contributed by atoms with van der Waals surface area (Å²) in [5, 5.41) is 11.1. The van der Waals surface area contributed by atoms with Crippen LogP contribution in [0.5, 0.6) is 0 Å². The molecule has 0 saturated carbocycles. The Morgan fingerprint density at radius 1 is 0.708 bits per heavy atom. The first-order valence-corrected chi connectivity index (χ1v) is 8.15. The highest BCUT2D eigenvalue weighted by molar-refractivity contribution is 5.84. The zero-order valence-electron chi connectivity index (χ0n) is 13.6. The number of nitrogens with zero attached hydrogens (tertiary/aromatic N) is 2. The summed E-state index contributed by atoms with van der Waals surface area (Å²) in [4.78, 5) is 0. The van der Waals surface area contributed by atoms with Gasteiger partial charge in [0.1, 0.15) is 0 Å². The van der Waals surface area contributed by atoms with Crippen LogP contribution in [0.3, 0.4) is 0 Å². The van der Waals surface area contributed by atoms with Gasteiger partial charge in [0, 0.05) is 10.8 Å². The predicted octanol–water partition coefficient (Wildman–Crippen LogP) is 5.12. The topological polar surface area (TPSA) is 25.8 Å². The summed E-state index contributed by atoms with van der Waals surface area (Å²) in [7, 11) is 0. The molecule has 0 aliphatic heterocycles. The number of hydrogen-bond acceptors (Lipinski definition) is 2. The van der Waals surface area contributed by atoms with Gasteiger partial charge < -0.3 is 0 Å². The highest BCUT2D eigenvalue weighted by Crippen LogP contribution is 2.34. The summed E-state index contributed by atoms with van der Waals surface area (Å²) < 4.78 is 0. The third-order valence-corrected chi connectivity index (χ3v) is 4.42. The van der Waals surface area contributed by atoms with Crippen LogP contribution in [0.1, 0.15) is 28.3 Å². The van der Waals surface area contributed by atoms with Crippen molar-refractivity contribution in [3.05, 3.63) is 107 Å². The fraction of sp³-hybridized carbons (Fsp3) is 0.0909. The summed E-state index contributed by atoms with van der Waals surface area (Å²) in [5.41, 5.74) is 4.72. The summed E-state index contributed by atoms with van der Waals surface area (Å²) in [6.07, 6.45) is 1.83. The molecule has 0 N–H and O–H groups in total. The molecular formula is C22H18N2. The van der Waals surface area contributed by atoms with Gasteiger partial charge in [-0.25, -0.2) is 0 Å². The maximum Gasteiger partial charge on any atom is 0.0828 e. The van der Waals surface area contributed by atoms with Gasteiger partial charge in [-0.05, 0) is 18.1 Å². The number of hydrogen-bond donors (Lipinski definition) is 0. The van der Waals surface area contributed by atoms with Crippen LogP contribution in [0.4, 0.5) is 0 Å². The lowest BCUT2D eigenvalue weighted by Gasteiger charge is -2.19. The van der Waals surface area contributed by atoms with Crippen LogP contribution in [0.15, 0.2) is 85.1 Å². The van der Waals surface area contributed by atoms with Crippen molar-refractivity contribution < 1.29 is 0 Å². The van der Waals surface area contributed by atoms with Gasteiger partial charge in [0.15, 0.2) is 0 Å². The molecule has 1 aromatic heterocycles. The minimum Gasteiger partial charge on any atom is -0.158 e. The second-order valence-electron chi connectivity index (χ2n) is 6.07. The molecule has 1 unspecified atom stereocenters. The van der Waals surface area contributed by atoms with E-state index < -0.39 is 0 Å². The van der Waals surface area contributed by atoms with Gasteiger partial charge in [0.05, 0.1) is 17.8 Å². The second-order valence-corrected chi connectivity index (χ2v) is 6.07. The van der Waals surface area contributed by atoms with Gasteiger partial charge in [-0.1, -0.05) is 84.4 Å². The van der Waals surface area contributed by atoms with E-state index in [1.165, 1.54) is 16.7 Å². The van der Waals surface area contributed by atoms with E-state index in [2.05, 4.69) is 83.9 Å². The quantitative estimate of drug-likeness (QED) is 0.525. The second kappa shape index (κ2) is 6.25. The Morgan fingerprint density at radius 2 is 1.38 bits per heavy atom. The minimum atomic E-state index is 0.0744. The summed E-state index contributed by atoms with van der Waals surface area (Å²) in [6, 6.07) is 27.5. The van der Waals surface area contributed by atoms with E-state index in [-0.39, 0.29) is 5.92 Å². The Labute approximate surface area is 141 Å². The van der Waals surface area contributed by atoms with Gasteiger partial charge in [-0.15, -0.1) is 0 Å². The fourth-order valence-electron chi connectivity index (χ4n) is 3.18. The number of rotatable bonds is 3. The number of aromatic nitrogens is 2. The molecule has 0 bridgehead atoms. The summed E-state index contributed by atoms with van der Waals surface area (Å²) in [6.45, 7) is 2.11. The van der Waals surface area contributed by atoms with Crippen molar-refractivity contribution in [2.75, 3.05) is 0 Å². The number of fused-ring (bicyclic) bond motifs is 1. The third-order valence-electron chi connectivity index (χ3n) is 4.42. The maximum absolute atomic E-state index is 4.53. The van der Waals surface area contributed by atoms with Crippen molar-refractivity contribution in [3.8, 4) is 0 Å². The minimum absolute atomic E-state index is 0.0744. The molecule has 24 heavy (non-hydrogen) atoms. The zero-order chi connectivity index (χ0) is 16.4. The van der Waals surface area contributed by atoms with E-state index in [4.69, 9.17) is 0 Å². The van der Waals surface area contributed by atoms with E-state index >= 15 is 0 Å².